The van der Waals surface area contributed by atoms with Crippen molar-refractivity contribution < 1.29 is 4.74 Å². The van der Waals surface area contributed by atoms with E-state index in [1.165, 1.54) is 44.0 Å². The first-order chi connectivity index (χ1) is 13.3. The number of hydrogen-bond acceptors (Lipinski definition) is 2. The molecule has 0 fully saturated rings. The van der Waals surface area contributed by atoms with Crippen molar-refractivity contribution in [1.82, 2.24) is 9.55 Å². The van der Waals surface area contributed by atoms with Gasteiger partial charge in [-0.1, -0.05) is 69.4 Å². The fourth-order valence-electron chi connectivity index (χ4n) is 3.39. The van der Waals surface area contributed by atoms with E-state index in [-0.39, 0.29) is 0 Å². The Morgan fingerprint density at radius 3 is 2.41 bits per heavy atom. The molecule has 0 bridgehead atoms. The Balaban J connectivity index is 1.74. The van der Waals surface area contributed by atoms with Crippen molar-refractivity contribution in [2.75, 3.05) is 7.11 Å². The number of aromatic nitrogens is 2. The Hall–Kier alpha value is -2.55. The van der Waals surface area contributed by atoms with Crippen LogP contribution in [0.3, 0.4) is 0 Å². The van der Waals surface area contributed by atoms with Crippen molar-refractivity contribution in [2.45, 2.75) is 52.0 Å². The highest BCUT2D eigenvalue weighted by molar-refractivity contribution is 5.79. The van der Waals surface area contributed by atoms with E-state index < -0.39 is 0 Å². The van der Waals surface area contributed by atoms with Crippen LogP contribution >= 0.6 is 0 Å². The van der Waals surface area contributed by atoms with Crippen molar-refractivity contribution in [3.05, 3.63) is 59.9 Å². The van der Waals surface area contributed by atoms with Gasteiger partial charge >= 0.3 is 0 Å². The van der Waals surface area contributed by atoms with E-state index in [1.54, 1.807) is 7.11 Å². The van der Waals surface area contributed by atoms with Gasteiger partial charge < -0.3 is 9.30 Å². The average molecular weight is 363 g/mol. The van der Waals surface area contributed by atoms with E-state index in [0.29, 0.717) is 0 Å². The zero-order valence-corrected chi connectivity index (χ0v) is 16.5. The van der Waals surface area contributed by atoms with Gasteiger partial charge in [0, 0.05) is 6.54 Å². The van der Waals surface area contributed by atoms with Crippen molar-refractivity contribution in [2.24, 2.45) is 0 Å². The van der Waals surface area contributed by atoms with Crippen LogP contribution in [0.4, 0.5) is 0 Å². The van der Waals surface area contributed by atoms with E-state index in [0.717, 1.165) is 29.2 Å². The standard InChI is InChI=1S/C24H30N2O/c1-3-4-5-6-7-10-19-26-23-12-9-8-11-22(23)25-24(26)18-15-20-13-16-21(27-2)17-14-20/h8-9,11-18H,3-7,10,19H2,1-2H3/b18-15+. The second-order valence-electron chi connectivity index (χ2n) is 6.98. The highest BCUT2D eigenvalue weighted by Crippen LogP contribution is 2.20. The minimum Gasteiger partial charge on any atom is -0.497 e. The summed E-state index contributed by atoms with van der Waals surface area (Å²) < 4.78 is 7.59. The number of para-hydroxylation sites is 2. The van der Waals surface area contributed by atoms with Crippen LogP contribution in [0.2, 0.25) is 0 Å². The molecule has 0 saturated heterocycles. The zero-order chi connectivity index (χ0) is 18.9. The number of rotatable bonds is 10. The number of benzene rings is 2. The first kappa shape index (κ1) is 19.2. The van der Waals surface area contributed by atoms with E-state index in [4.69, 9.17) is 9.72 Å². The number of methoxy groups -OCH3 is 1. The molecule has 0 amide bonds. The summed E-state index contributed by atoms with van der Waals surface area (Å²) in [4.78, 5) is 4.84. The van der Waals surface area contributed by atoms with Gasteiger partial charge in [0.25, 0.3) is 0 Å². The summed E-state index contributed by atoms with van der Waals surface area (Å²) in [5.41, 5.74) is 3.44. The van der Waals surface area contributed by atoms with Gasteiger partial charge in [-0.2, -0.15) is 0 Å². The molecular formula is C24H30N2O. The lowest BCUT2D eigenvalue weighted by Crippen LogP contribution is -2.00. The summed E-state index contributed by atoms with van der Waals surface area (Å²) in [6.45, 7) is 3.29. The lowest BCUT2D eigenvalue weighted by Gasteiger charge is -2.07. The van der Waals surface area contributed by atoms with Gasteiger partial charge in [0.1, 0.15) is 11.6 Å². The van der Waals surface area contributed by atoms with Gasteiger partial charge in [-0.05, 0) is 42.3 Å². The summed E-state index contributed by atoms with van der Waals surface area (Å²) in [5, 5.41) is 0. The van der Waals surface area contributed by atoms with Crippen LogP contribution in [-0.2, 0) is 6.54 Å². The second-order valence-corrected chi connectivity index (χ2v) is 6.98. The van der Waals surface area contributed by atoms with Crippen molar-refractivity contribution >= 4 is 23.2 Å². The third-order valence-corrected chi connectivity index (χ3v) is 4.96. The molecule has 0 N–H and O–H groups in total. The Kier molecular flexibility index (Phi) is 7.09. The molecule has 1 heterocycles. The summed E-state index contributed by atoms with van der Waals surface area (Å²) in [7, 11) is 1.69. The van der Waals surface area contributed by atoms with E-state index in [1.807, 2.05) is 12.1 Å². The van der Waals surface area contributed by atoms with Gasteiger partial charge in [-0.25, -0.2) is 4.98 Å². The number of aryl methyl sites for hydroxylation is 1. The molecule has 142 valence electrons. The van der Waals surface area contributed by atoms with Gasteiger partial charge in [-0.3, -0.25) is 0 Å². The zero-order valence-electron chi connectivity index (χ0n) is 16.5. The first-order valence-corrected chi connectivity index (χ1v) is 10.1. The van der Waals surface area contributed by atoms with Crippen LogP contribution in [0, 0.1) is 0 Å². The highest BCUT2D eigenvalue weighted by atomic mass is 16.5. The van der Waals surface area contributed by atoms with Crippen molar-refractivity contribution in [3.8, 4) is 5.75 Å². The molecule has 1 aromatic heterocycles. The molecule has 27 heavy (non-hydrogen) atoms. The SMILES string of the molecule is CCCCCCCCn1c(/C=C/c2ccc(OC)cc2)nc2ccccc21. The smallest absolute Gasteiger partial charge is 0.133 e. The normalized spacial score (nSPS) is 11.5. The quantitative estimate of drug-likeness (QED) is 0.381. The molecule has 0 atom stereocenters. The lowest BCUT2D eigenvalue weighted by molar-refractivity contribution is 0.415. The fourth-order valence-corrected chi connectivity index (χ4v) is 3.39. The molecule has 2 aromatic carbocycles. The van der Waals surface area contributed by atoms with E-state index >= 15 is 0 Å². The number of imidazole rings is 1. The Bertz CT molecular complexity index is 862. The van der Waals surface area contributed by atoms with E-state index in [2.05, 4.69) is 60.0 Å². The maximum absolute atomic E-state index is 5.23. The predicted molar refractivity (Wildman–Crippen MR) is 115 cm³/mol. The Morgan fingerprint density at radius 1 is 0.889 bits per heavy atom. The minimum atomic E-state index is 0.877. The van der Waals surface area contributed by atoms with Crippen LogP contribution < -0.4 is 4.74 Å². The maximum Gasteiger partial charge on any atom is 0.133 e. The predicted octanol–water partition coefficient (Wildman–Crippen LogP) is 6.58. The molecule has 3 heteroatoms. The largest absolute Gasteiger partial charge is 0.497 e. The van der Waals surface area contributed by atoms with Crippen LogP contribution in [0.1, 0.15) is 56.8 Å². The molecule has 0 spiro atoms. The molecule has 0 aliphatic rings. The summed E-state index contributed by atoms with van der Waals surface area (Å²) in [5.74, 6) is 1.91. The third-order valence-electron chi connectivity index (χ3n) is 4.96. The number of ether oxygens (including phenoxy) is 1. The highest BCUT2D eigenvalue weighted by Gasteiger charge is 2.07. The Morgan fingerprint density at radius 2 is 1.63 bits per heavy atom. The molecule has 3 rings (SSSR count). The van der Waals surface area contributed by atoms with Crippen LogP contribution in [0.5, 0.6) is 5.75 Å². The summed E-state index contributed by atoms with van der Waals surface area (Å²) in [6.07, 6.45) is 12.1. The molecule has 3 nitrogen and oxygen atoms in total. The van der Waals surface area contributed by atoms with Crippen LogP contribution in [0.15, 0.2) is 48.5 Å². The van der Waals surface area contributed by atoms with Gasteiger partial charge in [-0.15, -0.1) is 0 Å². The van der Waals surface area contributed by atoms with Gasteiger partial charge in [0.15, 0.2) is 0 Å². The average Bonchev–Trinajstić information content (AvgIpc) is 3.07. The first-order valence-electron chi connectivity index (χ1n) is 10.1. The Labute approximate surface area is 162 Å². The molecule has 0 saturated carbocycles. The van der Waals surface area contributed by atoms with Crippen molar-refractivity contribution in [3.63, 3.8) is 0 Å². The van der Waals surface area contributed by atoms with Gasteiger partial charge in [0.05, 0.1) is 18.1 Å². The monoisotopic (exact) mass is 362 g/mol. The topological polar surface area (TPSA) is 27.1 Å². The fraction of sp³-hybridized carbons (Fsp3) is 0.375. The summed E-state index contributed by atoms with van der Waals surface area (Å²) in [6, 6.07) is 16.5. The van der Waals surface area contributed by atoms with Crippen LogP contribution in [-0.4, -0.2) is 16.7 Å². The molecule has 0 aliphatic carbocycles. The summed E-state index contributed by atoms with van der Waals surface area (Å²) >= 11 is 0. The maximum atomic E-state index is 5.23. The molecular weight excluding hydrogens is 332 g/mol. The number of hydrogen-bond donors (Lipinski definition) is 0. The molecule has 0 unspecified atom stereocenters. The molecule has 0 radical (unpaired) electrons. The van der Waals surface area contributed by atoms with Gasteiger partial charge in [0.2, 0.25) is 0 Å². The van der Waals surface area contributed by atoms with E-state index in [9.17, 15) is 0 Å². The molecule has 3 aromatic rings. The minimum absolute atomic E-state index is 0.877. The lowest BCUT2D eigenvalue weighted by atomic mass is 10.1. The van der Waals surface area contributed by atoms with Crippen LogP contribution in [0.25, 0.3) is 23.2 Å². The second kappa shape index (κ2) is 9.96. The number of unbranched alkanes of at least 4 members (excludes halogenated alkanes) is 5. The number of nitrogens with zero attached hydrogens (tertiary/aromatic N) is 2. The van der Waals surface area contributed by atoms with Crippen molar-refractivity contribution in [1.29, 1.82) is 0 Å². The number of fused-ring (bicyclic) bond motifs is 1. The third kappa shape index (κ3) is 5.22. The molecule has 0 aliphatic heterocycles.